The first kappa shape index (κ1) is 32.3. The fourth-order valence-corrected chi connectivity index (χ4v) is 6.24. The Labute approximate surface area is 238 Å². The number of sulfonamides is 1. The number of rotatable bonds is 8. The van der Waals surface area contributed by atoms with Crippen molar-refractivity contribution in [2.75, 3.05) is 32.5 Å². The van der Waals surface area contributed by atoms with Gasteiger partial charge in [-0.1, -0.05) is 17.3 Å². The second-order valence-corrected chi connectivity index (χ2v) is 13.1. The molecule has 8 nitrogen and oxygen atoms in total. The van der Waals surface area contributed by atoms with Crippen molar-refractivity contribution in [2.24, 2.45) is 11.3 Å². The highest BCUT2D eigenvalue weighted by molar-refractivity contribution is 7.88. The summed E-state index contributed by atoms with van der Waals surface area (Å²) in [6.07, 6.45) is -6.07. The summed E-state index contributed by atoms with van der Waals surface area (Å²) in [5.41, 5.74) is -2.66. The summed E-state index contributed by atoms with van der Waals surface area (Å²) < 4.78 is 124. The fourth-order valence-electron chi connectivity index (χ4n) is 5.63. The number of likely N-dealkylation sites (tertiary alicyclic amines) is 1. The first-order valence-corrected chi connectivity index (χ1v) is 15.4. The quantitative estimate of drug-likeness (QED) is 0.282. The van der Waals surface area contributed by atoms with Gasteiger partial charge in [-0.25, -0.2) is 17.6 Å². The van der Waals surface area contributed by atoms with Crippen molar-refractivity contribution < 1.29 is 58.3 Å². The molecule has 1 aromatic carbocycles. The Morgan fingerprint density at radius 2 is 1.62 bits per heavy atom. The maximum Gasteiger partial charge on any atom is 0.493 e. The van der Waals surface area contributed by atoms with Gasteiger partial charge in [0.2, 0.25) is 0 Å². The van der Waals surface area contributed by atoms with Gasteiger partial charge in [-0.2, -0.15) is 26.3 Å². The van der Waals surface area contributed by atoms with E-state index in [1.165, 1.54) is 6.07 Å². The van der Waals surface area contributed by atoms with Crippen LogP contribution in [0.5, 0.6) is 5.75 Å². The molecule has 0 N–H and O–H groups in total. The number of carbonyl (C=O) groups is 2. The first-order chi connectivity index (χ1) is 19.4. The Kier molecular flexibility index (Phi) is 9.08. The number of benzene rings is 1. The van der Waals surface area contributed by atoms with Crippen molar-refractivity contribution in [1.29, 1.82) is 0 Å². The third-order valence-corrected chi connectivity index (χ3v) is 8.93. The van der Waals surface area contributed by atoms with E-state index in [4.69, 9.17) is 4.74 Å². The van der Waals surface area contributed by atoms with Crippen LogP contribution in [0.25, 0.3) is 0 Å². The van der Waals surface area contributed by atoms with Crippen LogP contribution in [0.1, 0.15) is 73.2 Å². The second kappa shape index (κ2) is 11.8. The Morgan fingerprint density at radius 3 is 2.12 bits per heavy atom. The Bertz CT molecular complexity index is 1280. The number of hydrogen-bond donors (Lipinski definition) is 0. The Morgan fingerprint density at radius 1 is 1.02 bits per heavy atom. The molecular formula is C26H31F7N2O6S. The highest BCUT2D eigenvalue weighted by Gasteiger charge is 2.56. The zero-order valence-electron chi connectivity index (χ0n) is 22.7. The normalized spacial score (nSPS) is 20.4. The van der Waals surface area contributed by atoms with E-state index in [0.717, 1.165) is 6.07 Å². The molecule has 0 bridgehead atoms. The molecule has 0 aromatic heterocycles. The van der Waals surface area contributed by atoms with Crippen molar-refractivity contribution in [1.82, 2.24) is 9.37 Å². The van der Waals surface area contributed by atoms with E-state index in [2.05, 4.69) is 4.84 Å². The van der Waals surface area contributed by atoms with Gasteiger partial charge in [0.25, 0.3) is 10.0 Å². The largest absolute Gasteiger partial charge is 0.493 e. The average molecular weight is 633 g/mol. The lowest BCUT2D eigenvalue weighted by Gasteiger charge is -2.40. The van der Waals surface area contributed by atoms with E-state index >= 15 is 4.39 Å². The van der Waals surface area contributed by atoms with Gasteiger partial charge in [0.05, 0.1) is 23.8 Å². The molecule has 3 fully saturated rings. The lowest BCUT2D eigenvalue weighted by Crippen LogP contribution is -2.48. The molecule has 1 aliphatic heterocycles. The van der Waals surface area contributed by atoms with Gasteiger partial charge in [0, 0.05) is 12.1 Å². The number of hydrogen-bond acceptors (Lipinski definition) is 7. The smallest absolute Gasteiger partial charge is 0.493 e. The highest BCUT2D eigenvalue weighted by atomic mass is 32.2. The molecule has 2 aliphatic carbocycles. The minimum absolute atomic E-state index is 0.0365. The Hall–Kier alpha value is -2.62. The first-order valence-electron chi connectivity index (χ1n) is 13.5. The molecule has 4 rings (SSSR count). The van der Waals surface area contributed by atoms with Gasteiger partial charge >= 0.3 is 24.2 Å². The summed E-state index contributed by atoms with van der Waals surface area (Å²) in [4.78, 5) is 29.6. The van der Waals surface area contributed by atoms with E-state index in [9.17, 15) is 44.3 Å². The van der Waals surface area contributed by atoms with Crippen LogP contribution in [-0.4, -0.2) is 74.5 Å². The number of carbonyl (C=O) groups excluding carboxylic acids is 2. The monoisotopic (exact) mass is 632 g/mol. The van der Waals surface area contributed by atoms with Crippen LogP contribution in [0.15, 0.2) is 12.1 Å². The molecule has 236 valence electrons. The lowest BCUT2D eigenvalue weighted by atomic mass is 9.83. The van der Waals surface area contributed by atoms with E-state index in [0.29, 0.717) is 57.9 Å². The summed E-state index contributed by atoms with van der Waals surface area (Å²) >= 11 is 0. The molecular weight excluding hydrogens is 601 g/mol. The number of halogens is 7. The summed E-state index contributed by atoms with van der Waals surface area (Å²) in [6, 6.07) is 2.03. The van der Waals surface area contributed by atoms with Crippen LogP contribution in [0.4, 0.5) is 30.7 Å². The predicted octanol–water partition coefficient (Wildman–Crippen LogP) is 5.34. The zero-order valence-corrected chi connectivity index (χ0v) is 23.5. The van der Waals surface area contributed by atoms with Crippen LogP contribution >= 0.6 is 0 Å². The second-order valence-electron chi connectivity index (χ2n) is 11.3. The molecule has 1 amide bonds. The Balaban J connectivity index is 1.43. The van der Waals surface area contributed by atoms with Crippen molar-refractivity contribution in [2.45, 2.75) is 69.6 Å². The van der Waals surface area contributed by atoms with Gasteiger partial charge < -0.3 is 14.5 Å². The molecule has 0 unspecified atom stereocenters. The maximum atomic E-state index is 15.6. The number of ether oxygens (including phenoxy) is 1. The van der Waals surface area contributed by atoms with Gasteiger partial charge in [0.15, 0.2) is 0 Å². The fraction of sp³-hybridized carbons (Fsp3) is 0.692. The standard InChI is InChI=1S/C26H31F7N2O6S/c1-42(38,39)35(41-23(37)25(28,29)30)22(36)18-6-7-19(20(21(18)27)17-4-5-17)40-14-16-8-12-34(13-9-16)15-24(26(31,32)33)10-2-3-11-24/h6-7,16-17H,2-5,8-15H2,1H3. The topological polar surface area (TPSA) is 93.2 Å². The minimum Gasteiger partial charge on any atom is -0.493 e. The van der Waals surface area contributed by atoms with E-state index in [-0.39, 0.29) is 49.1 Å². The molecule has 42 heavy (non-hydrogen) atoms. The molecule has 1 saturated heterocycles. The molecule has 1 aromatic rings. The van der Waals surface area contributed by atoms with Crippen LogP contribution in [0.3, 0.4) is 0 Å². The lowest BCUT2D eigenvalue weighted by molar-refractivity contribution is -0.228. The minimum atomic E-state index is -5.62. The van der Waals surface area contributed by atoms with E-state index < -0.39 is 55.5 Å². The molecule has 3 aliphatic rings. The third kappa shape index (κ3) is 7.12. The molecule has 0 radical (unpaired) electrons. The number of hydroxylamine groups is 1. The number of nitrogens with zero attached hydrogens (tertiary/aromatic N) is 2. The van der Waals surface area contributed by atoms with Crippen LogP contribution < -0.4 is 4.74 Å². The van der Waals surface area contributed by atoms with Crippen molar-refractivity contribution in [3.8, 4) is 5.75 Å². The van der Waals surface area contributed by atoms with Crippen LogP contribution in [0, 0.1) is 17.2 Å². The number of amides is 1. The number of alkyl halides is 6. The highest BCUT2D eigenvalue weighted by Crippen LogP contribution is 2.51. The van der Waals surface area contributed by atoms with Gasteiger partial charge in [-0.15, -0.1) is 0 Å². The number of piperidine rings is 1. The third-order valence-electron chi connectivity index (χ3n) is 8.09. The molecule has 1 heterocycles. The predicted molar refractivity (Wildman–Crippen MR) is 133 cm³/mol. The zero-order chi connectivity index (χ0) is 31.1. The molecule has 0 atom stereocenters. The summed E-state index contributed by atoms with van der Waals surface area (Å²) in [5.74, 6) is -6.37. The summed E-state index contributed by atoms with van der Waals surface area (Å²) in [6.45, 7) is 0.963. The SMILES string of the molecule is CS(=O)(=O)N(OC(=O)C(F)(F)F)C(=O)c1ccc(OCC2CCN(CC3(C(F)(F)F)CCCC3)CC2)c(C2CC2)c1F. The van der Waals surface area contributed by atoms with E-state index in [1.54, 1.807) is 0 Å². The van der Waals surface area contributed by atoms with Crippen LogP contribution in [0.2, 0.25) is 0 Å². The summed E-state index contributed by atoms with van der Waals surface area (Å²) in [5, 5.41) is 0. The van der Waals surface area contributed by atoms with Crippen LogP contribution in [-0.2, 0) is 19.7 Å². The van der Waals surface area contributed by atoms with Gasteiger partial charge in [0.1, 0.15) is 11.6 Å². The summed E-state index contributed by atoms with van der Waals surface area (Å²) in [7, 11) is -4.88. The molecule has 16 heteroatoms. The molecule has 2 saturated carbocycles. The van der Waals surface area contributed by atoms with Gasteiger partial charge in [-0.05, 0) is 75.6 Å². The van der Waals surface area contributed by atoms with Crippen molar-refractivity contribution >= 4 is 21.9 Å². The van der Waals surface area contributed by atoms with E-state index in [1.807, 2.05) is 4.90 Å². The molecule has 0 spiro atoms. The van der Waals surface area contributed by atoms with Gasteiger partial charge in [-0.3, -0.25) is 4.79 Å². The van der Waals surface area contributed by atoms with Crippen molar-refractivity contribution in [3.05, 3.63) is 29.1 Å². The van der Waals surface area contributed by atoms with Crippen molar-refractivity contribution in [3.63, 3.8) is 0 Å². The maximum absolute atomic E-state index is 15.6. The average Bonchev–Trinajstić information content (AvgIpc) is 3.60.